The minimum absolute atomic E-state index is 0.388. The normalized spacial score (nSPS) is 10.5. The largest absolute Gasteiger partial charge is 0.361 e. The number of nitrogens with zero attached hydrogens (tertiary/aromatic N) is 1. The Bertz CT molecular complexity index is 650. The number of amides is 1. The molecule has 2 aromatic rings. The highest BCUT2D eigenvalue weighted by molar-refractivity contribution is 5.76. The van der Waals surface area contributed by atoms with E-state index in [1.165, 1.54) is 0 Å². The fraction of sp³-hybridized carbons (Fsp3) is 0.286. The molecular formula is C14H16N2O3. The van der Waals surface area contributed by atoms with Crippen molar-refractivity contribution in [3.63, 3.8) is 0 Å². The van der Waals surface area contributed by atoms with Crippen molar-refractivity contribution in [2.75, 3.05) is 0 Å². The van der Waals surface area contributed by atoms with E-state index in [0.717, 1.165) is 15.9 Å². The van der Waals surface area contributed by atoms with E-state index in [0.29, 0.717) is 17.8 Å². The first-order chi connectivity index (χ1) is 8.99. The molecule has 0 bridgehead atoms. The summed E-state index contributed by atoms with van der Waals surface area (Å²) < 4.78 is 5.86. The van der Waals surface area contributed by atoms with Gasteiger partial charge in [-0.25, -0.2) is 9.59 Å². The van der Waals surface area contributed by atoms with Crippen LogP contribution in [0.1, 0.15) is 22.4 Å². The number of rotatable bonds is 2. The lowest BCUT2D eigenvalue weighted by molar-refractivity contribution is 0.205. The highest BCUT2D eigenvalue weighted by atomic mass is 16.5. The van der Waals surface area contributed by atoms with Crippen LogP contribution in [0.15, 0.2) is 33.6 Å². The Morgan fingerprint density at radius 1 is 1.21 bits per heavy atom. The maximum absolute atomic E-state index is 11.9. The van der Waals surface area contributed by atoms with Crippen LogP contribution in [0.25, 0.3) is 0 Å². The first kappa shape index (κ1) is 13.1. The van der Waals surface area contributed by atoms with Gasteiger partial charge in [0.1, 0.15) is 0 Å². The predicted molar refractivity (Wildman–Crippen MR) is 71.3 cm³/mol. The van der Waals surface area contributed by atoms with Crippen molar-refractivity contribution in [1.29, 1.82) is 0 Å². The number of hydrogen-bond donors (Lipinski definition) is 1. The summed E-state index contributed by atoms with van der Waals surface area (Å²) in [6.45, 7) is 5.69. The van der Waals surface area contributed by atoms with Crippen LogP contribution >= 0.6 is 0 Å². The molecule has 5 heteroatoms. The first-order valence-corrected chi connectivity index (χ1v) is 6.02. The number of benzene rings is 1. The van der Waals surface area contributed by atoms with Gasteiger partial charge in [-0.05, 0) is 26.3 Å². The van der Waals surface area contributed by atoms with Crippen LogP contribution in [0, 0.1) is 20.8 Å². The molecule has 0 fully saturated rings. The van der Waals surface area contributed by atoms with Crippen molar-refractivity contribution in [3.05, 3.63) is 57.1 Å². The molecule has 0 aliphatic carbocycles. The predicted octanol–water partition coefficient (Wildman–Crippen LogP) is 2.12. The van der Waals surface area contributed by atoms with Gasteiger partial charge in [0.25, 0.3) is 0 Å². The fourth-order valence-electron chi connectivity index (χ4n) is 1.67. The van der Waals surface area contributed by atoms with Crippen molar-refractivity contribution in [2.24, 2.45) is 0 Å². The second kappa shape index (κ2) is 5.14. The molecule has 0 aliphatic rings. The molecule has 100 valence electrons. The Balaban J connectivity index is 2.07. The Labute approximate surface area is 110 Å². The molecule has 5 nitrogen and oxygen atoms in total. The van der Waals surface area contributed by atoms with Crippen molar-refractivity contribution in [3.8, 4) is 0 Å². The molecule has 0 aliphatic heterocycles. The van der Waals surface area contributed by atoms with E-state index in [2.05, 4.69) is 5.32 Å². The van der Waals surface area contributed by atoms with Crippen LogP contribution in [-0.4, -0.2) is 10.8 Å². The lowest BCUT2D eigenvalue weighted by Gasteiger charge is -2.06. The smallest absolute Gasteiger partial charge is 0.331 e. The zero-order valence-corrected chi connectivity index (χ0v) is 11.2. The lowest BCUT2D eigenvalue weighted by Crippen LogP contribution is -2.28. The summed E-state index contributed by atoms with van der Waals surface area (Å²) in [6.07, 6.45) is 0. The number of hydrogen-bond acceptors (Lipinski definition) is 3. The summed E-state index contributed by atoms with van der Waals surface area (Å²) >= 11 is 0. The molecule has 1 amide bonds. The van der Waals surface area contributed by atoms with Gasteiger partial charge in [0.15, 0.2) is 0 Å². The van der Waals surface area contributed by atoms with Crippen molar-refractivity contribution in [2.45, 2.75) is 27.3 Å². The molecule has 1 heterocycles. The van der Waals surface area contributed by atoms with E-state index in [4.69, 9.17) is 4.52 Å². The van der Waals surface area contributed by atoms with Gasteiger partial charge < -0.3 is 9.84 Å². The third-order valence-electron chi connectivity index (χ3n) is 3.08. The maximum atomic E-state index is 11.9. The van der Waals surface area contributed by atoms with E-state index in [-0.39, 0.29) is 0 Å². The van der Waals surface area contributed by atoms with E-state index in [9.17, 15) is 9.59 Å². The van der Waals surface area contributed by atoms with Crippen LogP contribution in [0.5, 0.6) is 0 Å². The molecule has 1 N–H and O–H groups in total. The molecule has 0 atom stereocenters. The second-order valence-corrected chi connectivity index (χ2v) is 4.53. The Kier molecular flexibility index (Phi) is 3.55. The zero-order valence-electron chi connectivity index (χ0n) is 11.2. The minimum Gasteiger partial charge on any atom is -0.331 e. The van der Waals surface area contributed by atoms with Gasteiger partial charge in [0.2, 0.25) is 0 Å². The lowest BCUT2D eigenvalue weighted by atomic mass is 10.1. The van der Waals surface area contributed by atoms with Gasteiger partial charge in [-0.15, -0.1) is 4.74 Å². The monoisotopic (exact) mass is 260 g/mol. The molecule has 19 heavy (non-hydrogen) atoms. The summed E-state index contributed by atoms with van der Waals surface area (Å²) in [5, 5.41) is 2.71. The van der Waals surface area contributed by atoms with Crippen molar-refractivity contribution >= 4 is 6.03 Å². The quantitative estimate of drug-likeness (QED) is 0.899. The van der Waals surface area contributed by atoms with Crippen LogP contribution < -0.4 is 10.9 Å². The van der Waals surface area contributed by atoms with Crippen molar-refractivity contribution in [1.82, 2.24) is 10.1 Å². The summed E-state index contributed by atoms with van der Waals surface area (Å²) in [5.41, 5.74) is 2.64. The van der Waals surface area contributed by atoms with Gasteiger partial charge >= 0.3 is 11.7 Å². The summed E-state index contributed by atoms with van der Waals surface area (Å²) in [5.74, 6) is 0. The van der Waals surface area contributed by atoms with Gasteiger partial charge in [-0.1, -0.05) is 29.8 Å². The average Bonchev–Trinajstić information content (AvgIpc) is 2.65. The van der Waals surface area contributed by atoms with Crippen LogP contribution in [0.4, 0.5) is 4.79 Å². The Hall–Kier alpha value is -2.30. The van der Waals surface area contributed by atoms with Crippen LogP contribution in [-0.2, 0) is 6.54 Å². The molecule has 0 saturated heterocycles. The molecule has 1 aromatic carbocycles. The number of aryl methyl sites for hydroxylation is 1. The number of carbonyl (C=O) groups is 1. The average molecular weight is 260 g/mol. The van der Waals surface area contributed by atoms with Gasteiger partial charge in [0.05, 0.1) is 11.3 Å². The van der Waals surface area contributed by atoms with Gasteiger partial charge in [-0.2, -0.15) is 0 Å². The Morgan fingerprint density at radius 2 is 1.84 bits per heavy atom. The minimum atomic E-state index is -0.483. The van der Waals surface area contributed by atoms with Crippen LogP contribution in [0.2, 0.25) is 0 Å². The van der Waals surface area contributed by atoms with E-state index >= 15 is 0 Å². The molecular weight excluding hydrogens is 244 g/mol. The summed E-state index contributed by atoms with van der Waals surface area (Å²) in [4.78, 5) is 23.2. The van der Waals surface area contributed by atoms with Crippen molar-refractivity contribution < 1.29 is 9.32 Å². The highest BCUT2D eigenvalue weighted by Gasteiger charge is 2.14. The number of nitrogens with one attached hydrogen (secondary N) is 1. The fourth-order valence-corrected chi connectivity index (χ4v) is 1.67. The third-order valence-corrected chi connectivity index (χ3v) is 3.08. The first-order valence-electron chi connectivity index (χ1n) is 6.02. The van der Waals surface area contributed by atoms with Gasteiger partial charge in [0, 0.05) is 6.54 Å². The summed E-state index contributed by atoms with van der Waals surface area (Å²) in [6, 6.07) is 7.40. The van der Waals surface area contributed by atoms with Gasteiger partial charge in [-0.3, -0.25) is 0 Å². The van der Waals surface area contributed by atoms with E-state index in [1.54, 1.807) is 13.8 Å². The summed E-state index contributed by atoms with van der Waals surface area (Å²) in [7, 11) is 0. The SMILES string of the molecule is Cc1ccc(CNC(=O)n2oc(=O)c(C)c2C)cc1. The Morgan fingerprint density at radius 3 is 2.37 bits per heavy atom. The third kappa shape index (κ3) is 2.76. The maximum Gasteiger partial charge on any atom is 0.361 e. The molecule has 1 aromatic heterocycles. The zero-order chi connectivity index (χ0) is 14.0. The topological polar surface area (TPSA) is 64.2 Å². The molecule has 0 unspecified atom stereocenters. The molecule has 0 spiro atoms. The van der Waals surface area contributed by atoms with E-state index in [1.807, 2.05) is 31.2 Å². The van der Waals surface area contributed by atoms with E-state index < -0.39 is 11.7 Å². The molecule has 0 radical (unpaired) electrons. The number of carbonyl (C=O) groups excluding carboxylic acids is 1. The molecule has 0 saturated carbocycles. The van der Waals surface area contributed by atoms with Crippen LogP contribution in [0.3, 0.4) is 0 Å². The second-order valence-electron chi connectivity index (χ2n) is 4.53. The highest BCUT2D eigenvalue weighted by Crippen LogP contribution is 2.04. The number of aromatic nitrogens is 1. The standard InChI is InChI=1S/C14H16N2O3/c1-9-4-6-12(7-5-9)8-15-14(18)16-11(3)10(2)13(17)19-16/h4-7H,8H2,1-3H3,(H,15,18). The molecule has 2 rings (SSSR count).